The molecule has 0 saturated carbocycles. The molecule has 1 aromatic heterocycles. The van der Waals surface area contributed by atoms with Crippen LogP contribution in [0.25, 0.3) is 0 Å². The lowest BCUT2D eigenvalue weighted by atomic mass is 9.89. The van der Waals surface area contributed by atoms with Gasteiger partial charge in [0, 0.05) is 18.2 Å². The Balaban J connectivity index is 2.03. The lowest BCUT2D eigenvalue weighted by molar-refractivity contribution is 0.410. The second kappa shape index (κ2) is 6.15. The van der Waals surface area contributed by atoms with Crippen LogP contribution in [0.5, 0.6) is 0 Å². The summed E-state index contributed by atoms with van der Waals surface area (Å²) >= 11 is 0. The van der Waals surface area contributed by atoms with Crippen molar-refractivity contribution in [3.05, 3.63) is 23.5 Å². The molecule has 1 aromatic rings. The zero-order valence-corrected chi connectivity index (χ0v) is 13.8. The highest BCUT2D eigenvalue weighted by molar-refractivity contribution is 5.57. The summed E-state index contributed by atoms with van der Waals surface area (Å²) in [5.74, 6) is 1.61. The van der Waals surface area contributed by atoms with Gasteiger partial charge in [-0.25, -0.2) is 0 Å². The molecule has 0 radical (unpaired) electrons. The van der Waals surface area contributed by atoms with Gasteiger partial charge in [-0.05, 0) is 36.3 Å². The summed E-state index contributed by atoms with van der Waals surface area (Å²) in [5, 5.41) is 3.51. The Labute approximate surface area is 124 Å². The number of nitrogens with zero attached hydrogens (tertiary/aromatic N) is 1. The second-order valence-corrected chi connectivity index (χ2v) is 7.43. The van der Waals surface area contributed by atoms with Crippen molar-refractivity contribution in [3.8, 4) is 0 Å². The van der Waals surface area contributed by atoms with Gasteiger partial charge in [-0.3, -0.25) is 4.98 Å². The summed E-state index contributed by atoms with van der Waals surface area (Å²) in [7, 11) is 0. The zero-order valence-electron chi connectivity index (χ0n) is 13.8. The molecule has 2 nitrogen and oxygen atoms in total. The summed E-state index contributed by atoms with van der Waals surface area (Å²) in [6, 6.07) is 2.33. The van der Waals surface area contributed by atoms with Crippen LogP contribution >= 0.6 is 0 Å². The number of fused-ring (bicyclic) bond motifs is 1. The monoisotopic (exact) mass is 274 g/mol. The molecule has 2 heteroatoms. The standard InChI is InChI=1S/C18H30N2/c1-6-14(8-7-13(2)3)9-15-10-16-17(19-11-15)18(4,5)12-20-16/h10-11,13-14,20H,6-9,12H2,1-5H3/t14-/m0/s1. The van der Waals surface area contributed by atoms with Gasteiger partial charge in [0.05, 0.1) is 11.4 Å². The van der Waals surface area contributed by atoms with Crippen LogP contribution < -0.4 is 5.32 Å². The quantitative estimate of drug-likeness (QED) is 0.806. The van der Waals surface area contributed by atoms with Crippen molar-refractivity contribution >= 4 is 5.69 Å². The Morgan fingerprint density at radius 1 is 1.30 bits per heavy atom. The van der Waals surface area contributed by atoms with Crippen LogP contribution in [0.3, 0.4) is 0 Å². The fraction of sp³-hybridized carbons (Fsp3) is 0.722. The Hall–Kier alpha value is -1.05. The summed E-state index contributed by atoms with van der Waals surface area (Å²) in [6.45, 7) is 12.5. The van der Waals surface area contributed by atoms with Crippen molar-refractivity contribution in [2.45, 2.75) is 65.7 Å². The van der Waals surface area contributed by atoms with E-state index in [1.165, 1.54) is 42.6 Å². The van der Waals surface area contributed by atoms with Gasteiger partial charge in [0.2, 0.25) is 0 Å². The van der Waals surface area contributed by atoms with Crippen molar-refractivity contribution < 1.29 is 0 Å². The SMILES string of the molecule is CC[C@@H](CCC(C)C)Cc1cnc2c(c1)NCC2(C)C. The number of pyridine rings is 1. The molecule has 0 saturated heterocycles. The van der Waals surface area contributed by atoms with E-state index in [1.807, 2.05) is 0 Å². The van der Waals surface area contributed by atoms with E-state index in [2.05, 4.69) is 52.2 Å². The van der Waals surface area contributed by atoms with E-state index in [0.29, 0.717) is 0 Å². The average molecular weight is 274 g/mol. The minimum Gasteiger partial charge on any atom is -0.383 e. The molecule has 1 N–H and O–H groups in total. The predicted molar refractivity (Wildman–Crippen MR) is 87.3 cm³/mol. The highest BCUT2D eigenvalue weighted by Crippen LogP contribution is 2.35. The molecule has 1 aliphatic rings. The fourth-order valence-corrected chi connectivity index (χ4v) is 3.05. The number of hydrogen-bond acceptors (Lipinski definition) is 2. The first-order valence-corrected chi connectivity index (χ1v) is 8.15. The smallest absolute Gasteiger partial charge is 0.0708 e. The number of rotatable bonds is 6. The van der Waals surface area contributed by atoms with Gasteiger partial charge in [0.1, 0.15) is 0 Å². The van der Waals surface area contributed by atoms with Crippen LogP contribution in [-0.4, -0.2) is 11.5 Å². The number of nitrogens with one attached hydrogen (secondary N) is 1. The maximum atomic E-state index is 4.73. The van der Waals surface area contributed by atoms with E-state index in [0.717, 1.165) is 18.4 Å². The van der Waals surface area contributed by atoms with Crippen LogP contribution in [0.2, 0.25) is 0 Å². The summed E-state index contributed by atoms with van der Waals surface area (Å²) in [4.78, 5) is 4.73. The van der Waals surface area contributed by atoms with Gasteiger partial charge in [-0.1, -0.05) is 47.5 Å². The first kappa shape index (κ1) is 15.3. The van der Waals surface area contributed by atoms with Crippen molar-refractivity contribution in [2.24, 2.45) is 11.8 Å². The molecule has 20 heavy (non-hydrogen) atoms. The maximum absolute atomic E-state index is 4.73. The normalized spacial score (nSPS) is 17.9. The summed E-state index contributed by atoms with van der Waals surface area (Å²) in [6.07, 6.45) is 7.21. The maximum Gasteiger partial charge on any atom is 0.0708 e. The molecule has 2 rings (SSSR count). The predicted octanol–water partition coefficient (Wildman–Crippen LogP) is 4.79. The van der Waals surface area contributed by atoms with E-state index in [1.54, 1.807) is 0 Å². The van der Waals surface area contributed by atoms with Gasteiger partial charge in [-0.2, -0.15) is 0 Å². The molecule has 1 aliphatic heterocycles. The Bertz CT molecular complexity index is 449. The van der Waals surface area contributed by atoms with Gasteiger partial charge < -0.3 is 5.32 Å². The van der Waals surface area contributed by atoms with Crippen LogP contribution in [-0.2, 0) is 11.8 Å². The second-order valence-electron chi connectivity index (χ2n) is 7.43. The van der Waals surface area contributed by atoms with E-state index >= 15 is 0 Å². The van der Waals surface area contributed by atoms with E-state index < -0.39 is 0 Å². The lowest BCUT2D eigenvalue weighted by Crippen LogP contribution is -2.20. The van der Waals surface area contributed by atoms with Crippen molar-refractivity contribution in [3.63, 3.8) is 0 Å². The van der Waals surface area contributed by atoms with Crippen molar-refractivity contribution in [2.75, 3.05) is 11.9 Å². The molecule has 1 atom stereocenters. The summed E-state index contributed by atoms with van der Waals surface area (Å²) in [5.41, 5.74) is 4.06. The molecule has 0 unspecified atom stereocenters. The molecule has 0 aliphatic carbocycles. The number of hydrogen-bond donors (Lipinski definition) is 1. The number of anilines is 1. The molecule has 0 amide bonds. The van der Waals surface area contributed by atoms with E-state index in [4.69, 9.17) is 4.98 Å². The first-order valence-electron chi connectivity index (χ1n) is 8.15. The largest absolute Gasteiger partial charge is 0.383 e. The van der Waals surface area contributed by atoms with Gasteiger partial charge >= 0.3 is 0 Å². The van der Waals surface area contributed by atoms with Gasteiger partial charge in [0.25, 0.3) is 0 Å². The van der Waals surface area contributed by atoms with Crippen molar-refractivity contribution in [1.29, 1.82) is 0 Å². The summed E-state index contributed by atoms with van der Waals surface area (Å²) < 4.78 is 0. The van der Waals surface area contributed by atoms with Gasteiger partial charge in [0.15, 0.2) is 0 Å². The fourth-order valence-electron chi connectivity index (χ4n) is 3.05. The first-order chi connectivity index (χ1) is 9.42. The molecule has 2 heterocycles. The van der Waals surface area contributed by atoms with Crippen molar-refractivity contribution in [1.82, 2.24) is 4.98 Å². The molecule has 0 spiro atoms. The van der Waals surface area contributed by atoms with Gasteiger partial charge in [-0.15, -0.1) is 0 Å². The third kappa shape index (κ3) is 3.53. The average Bonchev–Trinajstić information content (AvgIpc) is 2.70. The Morgan fingerprint density at radius 3 is 2.70 bits per heavy atom. The molecule has 0 fully saturated rings. The molecule has 0 bridgehead atoms. The topological polar surface area (TPSA) is 24.9 Å². The van der Waals surface area contributed by atoms with E-state index in [9.17, 15) is 0 Å². The third-order valence-corrected chi connectivity index (χ3v) is 4.56. The minimum atomic E-state index is 0.176. The van der Waals surface area contributed by atoms with E-state index in [-0.39, 0.29) is 5.41 Å². The highest BCUT2D eigenvalue weighted by Gasteiger charge is 2.31. The molecule has 0 aromatic carbocycles. The lowest BCUT2D eigenvalue weighted by Gasteiger charge is -2.18. The van der Waals surface area contributed by atoms with Crippen LogP contribution in [0.1, 0.15) is 65.1 Å². The van der Waals surface area contributed by atoms with Crippen LogP contribution in [0.15, 0.2) is 12.3 Å². The third-order valence-electron chi connectivity index (χ3n) is 4.56. The number of aromatic nitrogens is 1. The molecular weight excluding hydrogens is 244 g/mol. The molecule has 112 valence electrons. The van der Waals surface area contributed by atoms with Crippen LogP contribution in [0, 0.1) is 11.8 Å². The zero-order chi connectivity index (χ0) is 14.8. The van der Waals surface area contributed by atoms with Crippen LogP contribution in [0.4, 0.5) is 5.69 Å². The highest BCUT2D eigenvalue weighted by atomic mass is 15.0. The Kier molecular flexibility index (Phi) is 4.72. The molecular formula is C18H30N2. The minimum absolute atomic E-state index is 0.176. The Morgan fingerprint density at radius 2 is 2.05 bits per heavy atom.